The van der Waals surface area contributed by atoms with Gasteiger partial charge in [-0.1, -0.05) is 28.1 Å². The van der Waals surface area contributed by atoms with Crippen molar-refractivity contribution in [2.75, 3.05) is 19.8 Å². The third-order valence-corrected chi connectivity index (χ3v) is 4.39. The van der Waals surface area contributed by atoms with Gasteiger partial charge in [-0.15, -0.1) is 0 Å². The first-order chi connectivity index (χ1) is 8.50. The topological polar surface area (TPSA) is 41.5 Å². The van der Waals surface area contributed by atoms with Crippen molar-refractivity contribution in [3.63, 3.8) is 0 Å². The summed E-state index contributed by atoms with van der Waals surface area (Å²) in [5.74, 6) is 0. The molecule has 0 amide bonds. The van der Waals surface area contributed by atoms with Gasteiger partial charge in [-0.05, 0) is 31.0 Å². The second-order valence-corrected chi connectivity index (χ2v) is 5.99. The number of hydrogen-bond donors (Lipinski definition) is 2. The van der Waals surface area contributed by atoms with Crippen LogP contribution in [-0.4, -0.2) is 30.5 Å². The first kappa shape index (κ1) is 14.0. The summed E-state index contributed by atoms with van der Waals surface area (Å²) in [6, 6.07) is 6.55. The highest BCUT2D eigenvalue weighted by Gasteiger charge is 2.32. The Morgan fingerprint density at radius 2 is 2.33 bits per heavy atom. The van der Waals surface area contributed by atoms with E-state index in [1.54, 1.807) is 0 Å². The minimum absolute atomic E-state index is 0.224. The van der Waals surface area contributed by atoms with Crippen LogP contribution in [-0.2, 0) is 4.74 Å². The average molecular weight is 314 g/mol. The van der Waals surface area contributed by atoms with E-state index >= 15 is 0 Å². The molecular weight excluding hydrogens is 294 g/mol. The average Bonchev–Trinajstić information content (AvgIpc) is 2.77. The van der Waals surface area contributed by atoms with Crippen LogP contribution in [0.3, 0.4) is 0 Å². The quantitative estimate of drug-likeness (QED) is 0.897. The maximum atomic E-state index is 10.2. The molecule has 1 aliphatic heterocycles. The molecule has 1 fully saturated rings. The normalized spacial score (nSPS) is 25.3. The van der Waals surface area contributed by atoms with E-state index in [-0.39, 0.29) is 6.04 Å². The van der Waals surface area contributed by atoms with E-state index in [0.717, 1.165) is 4.47 Å². The smallest absolute Gasteiger partial charge is 0.103 e. The Morgan fingerprint density at radius 1 is 1.56 bits per heavy atom. The summed E-state index contributed by atoms with van der Waals surface area (Å²) >= 11 is 3.50. The van der Waals surface area contributed by atoms with Crippen molar-refractivity contribution in [1.29, 1.82) is 0 Å². The van der Waals surface area contributed by atoms with Gasteiger partial charge in [0.1, 0.15) is 5.60 Å². The van der Waals surface area contributed by atoms with Crippen LogP contribution in [0.2, 0.25) is 0 Å². The predicted molar refractivity (Wildman–Crippen MR) is 75.7 cm³/mol. The Hall–Kier alpha value is -0.420. The van der Waals surface area contributed by atoms with E-state index in [2.05, 4.69) is 53.3 Å². The molecule has 0 radical (unpaired) electrons. The first-order valence-corrected chi connectivity index (χ1v) is 7.09. The van der Waals surface area contributed by atoms with Gasteiger partial charge in [-0.2, -0.15) is 0 Å². The summed E-state index contributed by atoms with van der Waals surface area (Å²) in [4.78, 5) is 0. The molecule has 100 valence electrons. The summed E-state index contributed by atoms with van der Waals surface area (Å²) in [7, 11) is 0. The van der Waals surface area contributed by atoms with Gasteiger partial charge < -0.3 is 15.2 Å². The zero-order chi connectivity index (χ0) is 13.2. The van der Waals surface area contributed by atoms with Crippen LogP contribution in [0, 0.1) is 6.92 Å². The fourth-order valence-corrected chi connectivity index (χ4v) is 2.38. The lowest BCUT2D eigenvalue weighted by Crippen LogP contribution is -2.41. The fraction of sp³-hybridized carbons (Fsp3) is 0.571. The molecule has 0 spiro atoms. The second-order valence-electron chi connectivity index (χ2n) is 5.14. The molecule has 0 unspecified atom stereocenters. The Labute approximate surface area is 117 Å². The van der Waals surface area contributed by atoms with Crippen LogP contribution in [0.25, 0.3) is 0 Å². The van der Waals surface area contributed by atoms with Gasteiger partial charge >= 0.3 is 0 Å². The molecule has 1 heterocycles. The fourth-order valence-electron chi connectivity index (χ4n) is 2.13. The summed E-state index contributed by atoms with van der Waals surface area (Å²) in [5.41, 5.74) is 1.76. The number of ether oxygens (including phenoxy) is 1. The largest absolute Gasteiger partial charge is 0.386 e. The van der Waals surface area contributed by atoms with Crippen molar-refractivity contribution >= 4 is 15.9 Å². The third-order valence-electron chi connectivity index (χ3n) is 3.50. The Balaban J connectivity index is 1.94. The molecule has 2 rings (SSSR count). The summed E-state index contributed by atoms with van der Waals surface area (Å²) < 4.78 is 6.36. The van der Waals surface area contributed by atoms with E-state index in [1.165, 1.54) is 11.1 Å². The zero-order valence-corrected chi connectivity index (χ0v) is 12.5. The number of hydrogen-bond acceptors (Lipinski definition) is 3. The number of rotatable bonds is 4. The molecule has 2 N–H and O–H groups in total. The van der Waals surface area contributed by atoms with Crippen molar-refractivity contribution in [3.8, 4) is 0 Å². The van der Waals surface area contributed by atoms with Crippen molar-refractivity contribution < 1.29 is 9.84 Å². The molecule has 18 heavy (non-hydrogen) atoms. The lowest BCUT2D eigenvalue weighted by molar-refractivity contribution is 0.0252. The summed E-state index contributed by atoms with van der Waals surface area (Å²) in [5, 5.41) is 13.6. The van der Waals surface area contributed by atoms with Crippen LogP contribution in [0.15, 0.2) is 22.7 Å². The van der Waals surface area contributed by atoms with Gasteiger partial charge in [0.2, 0.25) is 0 Å². The van der Waals surface area contributed by atoms with Gasteiger partial charge in [0.15, 0.2) is 0 Å². The van der Waals surface area contributed by atoms with E-state index in [1.807, 2.05) is 0 Å². The van der Waals surface area contributed by atoms with Crippen molar-refractivity contribution in [1.82, 2.24) is 5.32 Å². The van der Waals surface area contributed by atoms with Crippen LogP contribution in [0.5, 0.6) is 0 Å². The highest BCUT2D eigenvalue weighted by Crippen LogP contribution is 2.22. The molecule has 4 heteroatoms. The standard InChI is InChI=1S/C14H20BrNO2/c1-10-7-12(3-4-13(10)15)11(2)16-8-14(17)5-6-18-9-14/h3-4,7,11,16-17H,5-6,8-9H2,1-2H3/t11-,14+/m1/s1. The molecular formula is C14H20BrNO2. The van der Waals surface area contributed by atoms with Crippen LogP contribution in [0.4, 0.5) is 0 Å². The minimum Gasteiger partial charge on any atom is -0.386 e. The monoisotopic (exact) mass is 313 g/mol. The van der Waals surface area contributed by atoms with Gasteiger partial charge in [-0.3, -0.25) is 0 Å². The van der Waals surface area contributed by atoms with Gasteiger partial charge in [0.25, 0.3) is 0 Å². The third kappa shape index (κ3) is 3.32. The van der Waals surface area contributed by atoms with Crippen molar-refractivity contribution in [2.24, 2.45) is 0 Å². The molecule has 0 bridgehead atoms. The highest BCUT2D eigenvalue weighted by atomic mass is 79.9. The first-order valence-electron chi connectivity index (χ1n) is 6.30. The maximum absolute atomic E-state index is 10.2. The molecule has 1 aliphatic rings. The molecule has 0 aliphatic carbocycles. The zero-order valence-electron chi connectivity index (χ0n) is 10.9. The molecule has 3 nitrogen and oxygen atoms in total. The Morgan fingerprint density at radius 3 is 2.94 bits per heavy atom. The molecule has 0 aromatic heterocycles. The van der Waals surface area contributed by atoms with Gasteiger partial charge in [-0.25, -0.2) is 0 Å². The van der Waals surface area contributed by atoms with Crippen LogP contribution in [0.1, 0.15) is 30.5 Å². The summed E-state index contributed by atoms with van der Waals surface area (Å²) in [6.07, 6.45) is 0.714. The SMILES string of the molecule is Cc1cc([C@@H](C)NC[C@@]2(O)CCOC2)ccc1Br. The number of aryl methyl sites for hydroxylation is 1. The van der Waals surface area contributed by atoms with E-state index in [4.69, 9.17) is 4.74 Å². The van der Waals surface area contributed by atoms with E-state index < -0.39 is 5.60 Å². The molecule has 1 aromatic rings. The Bertz CT molecular complexity index is 416. The lowest BCUT2D eigenvalue weighted by atomic mass is 10.0. The number of aliphatic hydroxyl groups is 1. The van der Waals surface area contributed by atoms with Crippen molar-refractivity contribution in [3.05, 3.63) is 33.8 Å². The van der Waals surface area contributed by atoms with Crippen LogP contribution >= 0.6 is 15.9 Å². The number of nitrogens with one attached hydrogen (secondary N) is 1. The van der Waals surface area contributed by atoms with Gasteiger partial charge in [0.05, 0.1) is 6.61 Å². The Kier molecular flexibility index (Phi) is 4.43. The van der Waals surface area contributed by atoms with E-state index in [9.17, 15) is 5.11 Å². The molecule has 1 aromatic carbocycles. The number of halogens is 1. The molecule has 2 atom stereocenters. The number of benzene rings is 1. The predicted octanol–water partition coefficient (Wildman–Crippen LogP) is 2.56. The van der Waals surface area contributed by atoms with Crippen LogP contribution < -0.4 is 5.32 Å². The van der Waals surface area contributed by atoms with Gasteiger partial charge in [0, 0.05) is 30.1 Å². The van der Waals surface area contributed by atoms with Crippen molar-refractivity contribution in [2.45, 2.75) is 31.9 Å². The van der Waals surface area contributed by atoms with E-state index in [0.29, 0.717) is 26.2 Å². The maximum Gasteiger partial charge on any atom is 0.103 e. The lowest BCUT2D eigenvalue weighted by Gasteiger charge is -2.24. The minimum atomic E-state index is -0.696. The summed E-state index contributed by atoms with van der Waals surface area (Å²) in [6.45, 7) is 5.86. The highest BCUT2D eigenvalue weighted by molar-refractivity contribution is 9.10. The molecule has 0 saturated carbocycles. The molecule has 1 saturated heterocycles. The second kappa shape index (κ2) is 5.70.